The molecule has 0 aromatic heterocycles. The first-order valence-electron chi connectivity index (χ1n) is 23.7. The molecule has 0 aromatic rings. The number of hydrogen-bond acceptors (Lipinski definition) is 18. The molecule has 3 aliphatic heterocycles. The highest BCUT2D eigenvalue weighted by Crippen LogP contribution is 2.33. The van der Waals surface area contributed by atoms with Gasteiger partial charge in [-0.2, -0.15) is 0 Å². The number of hydrogen-bond donors (Lipinski definition) is 12. The molecule has 65 heavy (non-hydrogen) atoms. The maximum atomic E-state index is 13.0. The Kier molecular flexibility index (Phi) is 28.2. The molecule has 1 amide bonds. The maximum absolute atomic E-state index is 13.0. The lowest BCUT2D eigenvalue weighted by Crippen LogP contribution is -2.66. The van der Waals surface area contributed by atoms with Crippen LogP contribution in [0, 0.1) is 0 Å². The second-order valence-electron chi connectivity index (χ2n) is 17.2. The van der Waals surface area contributed by atoms with E-state index in [9.17, 15) is 61.0 Å². The smallest absolute Gasteiger partial charge is 0.220 e. The Morgan fingerprint density at radius 3 is 1.54 bits per heavy atom. The Morgan fingerprint density at radius 1 is 0.538 bits per heavy atom. The summed E-state index contributed by atoms with van der Waals surface area (Å²) >= 11 is 0. The lowest BCUT2D eigenvalue weighted by Gasteiger charge is -2.48. The molecule has 12 N–H and O–H groups in total. The van der Waals surface area contributed by atoms with E-state index in [1.54, 1.807) is 12.2 Å². The molecule has 0 radical (unpaired) electrons. The van der Waals surface area contributed by atoms with Crippen molar-refractivity contribution in [3.63, 3.8) is 0 Å². The number of aliphatic hydroxyl groups is 11. The first-order valence-corrected chi connectivity index (χ1v) is 23.7. The summed E-state index contributed by atoms with van der Waals surface area (Å²) in [5.74, 6) is -0.304. The molecular weight excluding hydrogens is 854 g/mol. The molecule has 19 nitrogen and oxygen atoms in total. The normalized spacial score (nSPS) is 34.4. The molecule has 19 heteroatoms. The minimum Gasteiger partial charge on any atom is -0.394 e. The van der Waals surface area contributed by atoms with Crippen LogP contribution >= 0.6 is 0 Å². The van der Waals surface area contributed by atoms with E-state index >= 15 is 0 Å². The highest BCUT2D eigenvalue weighted by atomic mass is 16.8. The summed E-state index contributed by atoms with van der Waals surface area (Å²) in [5.41, 5.74) is 0. The number of aliphatic hydroxyl groups excluding tert-OH is 11. The molecule has 3 heterocycles. The second-order valence-corrected chi connectivity index (χ2v) is 17.2. The van der Waals surface area contributed by atoms with Gasteiger partial charge in [0.2, 0.25) is 5.91 Å². The van der Waals surface area contributed by atoms with Gasteiger partial charge in [0.05, 0.1) is 38.6 Å². The van der Waals surface area contributed by atoms with Crippen molar-refractivity contribution in [2.45, 2.75) is 221 Å². The molecule has 0 bridgehead atoms. The van der Waals surface area contributed by atoms with Crippen LogP contribution in [0.3, 0.4) is 0 Å². The molecule has 17 unspecified atom stereocenters. The summed E-state index contributed by atoms with van der Waals surface area (Å²) in [6.45, 7) is 1.53. The van der Waals surface area contributed by atoms with Gasteiger partial charge < -0.3 is 89.9 Å². The largest absolute Gasteiger partial charge is 0.394 e. The molecule has 17 atom stereocenters. The van der Waals surface area contributed by atoms with Gasteiger partial charge in [-0.1, -0.05) is 102 Å². The highest BCUT2D eigenvalue weighted by molar-refractivity contribution is 5.76. The minimum absolute atomic E-state index is 0.228. The van der Waals surface area contributed by atoms with Gasteiger partial charge in [-0.3, -0.25) is 4.79 Å². The minimum atomic E-state index is -1.98. The van der Waals surface area contributed by atoms with E-state index in [0.717, 1.165) is 57.8 Å². The molecule has 3 fully saturated rings. The van der Waals surface area contributed by atoms with E-state index in [4.69, 9.17) is 28.4 Å². The third-order valence-electron chi connectivity index (χ3n) is 11.9. The van der Waals surface area contributed by atoms with Crippen molar-refractivity contribution >= 4 is 5.91 Å². The van der Waals surface area contributed by atoms with Crippen LogP contribution in [0.5, 0.6) is 0 Å². The third-order valence-corrected chi connectivity index (χ3v) is 11.9. The van der Waals surface area contributed by atoms with Gasteiger partial charge in [0, 0.05) is 6.42 Å². The van der Waals surface area contributed by atoms with Crippen LogP contribution in [0.15, 0.2) is 36.5 Å². The Labute approximate surface area is 383 Å². The van der Waals surface area contributed by atoms with Crippen LogP contribution in [-0.4, -0.2) is 193 Å². The molecule has 0 aromatic carbocycles. The molecule has 0 aliphatic carbocycles. The van der Waals surface area contributed by atoms with Crippen molar-refractivity contribution in [3.8, 4) is 0 Å². The summed E-state index contributed by atoms with van der Waals surface area (Å²) in [4.78, 5) is 13.0. The zero-order valence-corrected chi connectivity index (χ0v) is 38.2. The van der Waals surface area contributed by atoms with E-state index < -0.39 is 124 Å². The molecule has 378 valence electrons. The number of amides is 1. The van der Waals surface area contributed by atoms with Crippen molar-refractivity contribution in [2.75, 3.05) is 26.4 Å². The molecular formula is C46H81NO18. The van der Waals surface area contributed by atoms with E-state index in [1.807, 2.05) is 0 Å². The zero-order chi connectivity index (χ0) is 47.7. The predicted molar refractivity (Wildman–Crippen MR) is 236 cm³/mol. The number of rotatable bonds is 31. The lowest BCUT2D eigenvalue weighted by molar-refractivity contribution is -0.379. The summed E-state index contributed by atoms with van der Waals surface area (Å²) in [7, 11) is 0. The Bertz CT molecular complexity index is 1350. The van der Waals surface area contributed by atoms with Crippen LogP contribution in [-0.2, 0) is 33.2 Å². The van der Waals surface area contributed by atoms with Crippen LogP contribution < -0.4 is 5.32 Å². The lowest BCUT2D eigenvalue weighted by atomic mass is 9.96. The fraction of sp³-hybridized carbons (Fsp3) is 0.848. The Balaban J connectivity index is 1.60. The second kappa shape index (κ2) is 31.9. The SMILES string of the molecule is CCCCCC/C=C/CC/C=C/CC/C=C/C(O)C(COC1OC(CO)C(OC2OC(CO)C(OC3OC(CO)C(O)C(O)C3O)C(O)C2O)C(O)C1O)NC(=O)CCCCCCCC. The highest BCUT2D eigenvalue weighted by Gasteiger charge is 2.53. The van der Waals surface area contributed by atoms with Gasteiger partial charge in [0.1, 0.15) is 73.2 Å². The monoisotopic (exact) mass is 936 g/mol. The molecule has 0 spiro atoms. The van der Waals surface area contributed by atoms with Crippen LogP contribution in [0.4, 0.5) is 0 Å². The summed E-state index contributed by atoms with van der Waals surface area (Å²) in [6.07, 6.45) is 0.654. The molecule has 3 rings (SSSR count). The van der Waals surface area contributed by atoms with Crippen molar-refractivity contribution in [2.24, 2.45) is 0 Å². The van der Waals surface area contributed by atoms with Gasteiger partial charge >= 0.3 is 0 Å². The van der Waals surface area contributed by atoms with Crippen molar-refractivity contribution in [1.82, 2.24) is 5.32 Å². The summed E-state index contributed by atoms with van der Waals surface area (Å²) < 4.78 is 33.9. The van der Waals surface area contributed by atoms with Gasteiger partial charge in [0.15, 0.2) is 18.9 Å². The van der Waals surface area contributed by atoms with E-state index in [0.29, 0.717) is 12.8 Å². The number of allylic oxidation sites excluding steroid dienone is 5. The van der Waals surface area contributed by atoms with Crippen LogP contribution in [0.25, 0.3) is 0 Å². The molecule has 3 saturated heterocycles. The number of unbranched alkanes of at least 4 members (excludes halogenated alkanes) is 11. The molecule has 3 aliphatic rings. The van der Waals surface area contributed by atoms with Crippen molar-refractivity contribution in [1.29, 1.82) is 0 Å². The van der Waals surface area contributed by atoms with Gasteiger partial charge in [-0.25, -0.2) is 0 Å². The Hall–Kier alpha value is -1.99. The number of nitrogens with one attached hydrogen (secondary N) is 1. The number of ether oxygens (including phenoxy) is 6. The van der Waals surface area contributed by atoms with Crippen LogP contribution in [0.1, 0.15) is 117 Å². The third kappa shape index (κ3) is 18.8. The summed E-state index contributed by atoms with van der Waals surface area (Å²) in [5, 5.41) is 119. The quantitative estimate of drug-likeness (QED) is 0.0328. The van der Waals surface area contributed by atoms with E-state index in [2.05, 4.69) is 43.5 Å². The number of carbonyl (C=O) groups is 1. The standard InChI is InChI=1S/C46H81NO18/c1-3-5-7-9-11-12-13-14-15-16-17-18-19-21-23-30(51)29(47-34(52)24-22-20-10-8-6-4-2)28-60-44-40(58)37(55)42(32(26-49)62-44)65-46-41(59)38(56)43(33(27-50)63-46)64-45-39(57)36(54)35(53)31(25-48)61-45/h12-13,16-17,21,23,29-33,35-46,48-51,53-59H,3-11,14-15,18-20,22,24-28H2,1-2H3,(H,47,52)/b13-12+,17-16+,23-21+. The zero-order valence-electron chi connectivity index (χ0n) is 38.2. The predicted octanol–water partition coefficient (Wildman–Crippen LogP) is 0.247. The topological polar surface area (TPSA) is 307 Å². The van der Waals surface area contributed by atoms with Gasteiger partial charge in [-0.15, -0.1) is 0 Å². The average Bonchev–Trinajstić information content (AvgIpc) is 3.30. The Morgan fingerprint density at radius 2 is 0.985 bits per heavy atom. The fourth-order valence-corrected chi connectivity index (χ4v) is 7.87. The average molecular weight is 936 g/mol. The molecule has 0 saturated carbocycles. The van der Waals surface area contributed by atoms with Crippen molar-refractivity contribution < 1.29 is 89.4 Å². The first kappa shape index (κ1) is 57.3. The first-order chi connectivity index (χ1) is 31.3. The van der Waals surface area contributed by atoms with Crippen LogP contribution in [0.2, 0.25) is 0 Å². The number of carbonyl (C=O) groups excluding carboxylic acids is 1. The van der Waals surface area contributed by atoms with Crippen molar-refractivity contribution in [3.05, 3.63) is 36.5 Å². The maximum Gasteiger partial charge on any atom is 0.220 e. The van der Waals surface area contributed by atoms with Gasteiger partial charge in [-0.05, 0) is 44.9 Å². The summed E-state index contributed by atoms with van der Waals surface area (Å²) in [6, 6.07) is -0.988. The fourth-order valence-electron chi connectivity index (χ4n) is 7.87. The van der Waals surface area contributed by atoms with Gasteiger partial charge in [0.25, 0.3) is 0 Å². The van der Waals surface area contributed by atoms with E-state index in [1.165, 1.54) is 25.7 Å². The van der Waals surface area contributed by atoms with E-state index in [-0.39, 0.29) is 18.9 Å².